The van der Waals surface area contributed by atoms with Crippen LogP contribution in [0.3, 0.4) is 0 Å². The number of hydrogen-bond donors (Lipinski definition) is 1. The Kier molecular flexibility index (Phi) is 3.47. The number of pyridine rings is 1. The molecular formula is C13H14N2S. The average Bonchev–Trinajstić information content (AvgIpc) is 2.32. The standard InChI is InChI=1S/C13H14N2S/c1-10-4-5-12(14)7-13(10)16-9-11-3-2-6-15-8-11/h2-8H,9,14H2,1H3. The van der Waals surface area contributed by atoms with Crippen LogP contribution in [0.5, 0.6) is 0 Å². The second-order valence-electron chi connectivity index (χ2n) is 3.67. The first-order chi connectivity index (χ1) is 7.75. The molecule has 0 fully saturated rings. The van der Waals surface area contributed by atoms with Crippen LogP contribution in [0.1, 0.15) is 11.1 Å². The van der Waals surface area contributed by atoms with Crippen molar-refractivity contribution in [1.82, 2.24) is 4.98 Å². The molecule has 2 rings (SSSR count). The summed E-state index contributed by atoms with van der Waals surface area (Å²) in [4.78, 5) is 5.34. The summed E-state index contributed by atoms with van der Waals surface area (Å²) in [6.45, 7) is 2.10. The van der Waals surface area contributed by atoms with Crippen LogP contribution in [-0.2, 0) is 5.75 Å². The van der Waals surface area contributed by atoms with Crippen molar-refractivity contribution in [3.05, 3.63) is 53.9 Å². The zero-order valence-corrected chi connectivity index (χ0v) is 10.00. The van der Waals surface area contributed by atoms with Gasteiger partial charge in [0.05, 0.1) is 0 Å². The molecule has 2 N–H and O–H groups in total. The number of benzene rings is 1. The van der Waals surface area contributed by atoms with Crippen molar-refractivity contribution in [2.24, 2.45) is 0 Å². The van der Waals surface area contributed by atoms with Gasteiger partial charge in [0.25, 0.3) is 0 Å². The Labute approximate surface area is 99.9 Å². The Morgan fingerprint density at radius 1 is 1.31 bits per heavy atom. The zero-order chi connectivity index (χ0) is 11.4. The maximum Gasteiger partial charge on any atom is 0.0325 e. The van der Waals surface area contributed by atoms with Gasteiger partial charge >= 0.3 is 0 Å². The summed E-state index contributed by atoms with van der Waals surface area (Å²) < 4.78 is 0. The highest BCUT2D eigenvalue weighted by molar-refractivity contribution is 7.98. The number of nitrogens with two attached hydrogens (primary N) is 1. The van der Waals surface area contributed by atoms with Gasteiger partial charge in [-0.25, -0.2) is 0 Å². The first-order valence-corrected chi connectivity index (χ1v) is 6.12. The minimum absolute atomic E-state index is 0.819. The van der Waals surface area contributed by atoms with Gasteiger partial charge in [-0.05, 0) is 36.2 Å². The lowest BCUT2D eigenvalue weighted by Crippen LogP contribution is -1.88. The molecule has 0 aliphatic heterocycles. The third kappa shape index (κ3) is 2.76. The van der Waals surface area contributed by atoms with E-state index in [4.69, 9.17) is 5.73 Å². The van der Waals surface area contributed by atoms with E-state index in [0.29, 0.717) is 0 Å². The highest BCUT2D eigenvalue weighted by Crippen LogP contribution is 2.27. The summed E-state index contributed by atoms with van der Waals surface area (Å²) in [6, 6.07) is 10.1. The van der Waals surface area contributed by atoms with E-state index in [0.717, 1.165) is 11.4 Å². The third-order valence-corrected chi connectivity index (χ3v) is 3.56. The van der Waals surface area contributed by atoms with Crippen molar-refractivity contribution in [3.63, 3.8) is 0 Å². The Morgan fingerprint density at radius 3 is 2.94 bits per heavy atom. The van der Waals surface area contributed by atoms with E-state index in [-0.39, 0.29) is 0 Å². The maximum absolute atomic E-state index is 5.77. The van der Waals surface area contributed by atoms with E-state index < -0.39 is 0 Å². The third-order valence-electron chi connectivity index (χ3n) is 2.33. The molecule has 0 bridgehead atoms. The van der Waals surface area contributed by atoms with Crippen molar-refractivity contribution >= 4 is 17.4 Å². The molecular weight excluding hydrogens is 216 g/mol. The molecule has 2 nitrogen and oxygen atoms in total. The molecule has 2 aromatic rings. The highest BCUT2D eigenvalue weighted by Gasteiger charge is 2.00. The molecule has 0 spiro atoms. The molecule has 0 amide bonds. The topological polar surface area (TPSA) is 38.9 Å². The quantitative estimate of drug-likeness (QED) is 0.649. The van der Waals surface area contributed by atoms with Gasteiger partial charge in [-0.3, -0.25) is 4.98 Å². The number of aryl methyl sites for hydroxylation is 1. The number of nitrogen functional groups attached to an aromatic ring is 1. The van der Waals surface area contributed by atoms with Gasteiger partial charge in [-0.1, -0.05) is 12.1 Å². The van der Waals surface area contributed by atoms with Crippen LogP contribution >= 0.6 is 11.8 Å². The van der Waals surface area contributed by atoms with Crippen molar-refractivity contribution in [1.29, 1.82) is 0 Å². The van der Waals surface area contributed by atoms with Crippen molar-refractivity contribution in [3.8, 4) is 0 Å². The first kappa shape index (κ1) is 11.0. The molecule has 16 heavy (non-hydrogen) atoms. The summed E-state index contributed by atoms with van der Waals surface area (Å²) in [5.74, 6) is 0.929. The predicted molar refractivity (Wildman–Crippen MR) is 69.4 cm³/mol. The van der Waals surface area contributed by atoms with E-state index in [1.54, 1.807) is 18.0 Å². The van der Waals surface area contributed by atoms with Crippen LogP contribution in [0.2, 0.25) is 0 Å². The molecule has 3 heteroatoms. The van der Waals surface area contributed by atoms with E-state index in [1.165, 1.54) is 16.0 Å². The van der Waals surface area contributed by atoms with Gasteiger partial charge in [-0.2, -0.15) is 0 Å². The minimum atomic E-state index is 0.819. The van der Waals surface area contributed by atoms with Crippen LogP contribution in [0, 0.1) is 6.92 Å². The van der Waals surface area contributed by atoms with Crippen LogP contribution in [0.25, 0.3) is 0 Å². The van der Waals surface area contributed by atoms with Gasteiger partial charge in [0, 0.05) is 28.7 Å². The Balaban J connectivity index is 2.08. The van der Waals surface area contributed by atoms with Gasteiger partial charge in [0.15, 0.2) is 0 Å². The Hall–Kier alpha value is -1.48. The van der Waals surface area contributed by atoms with Gasteiger partial charge in [0.2, 0.25) is 0 Å². The number of anilines is 1. The first-order valence-electron chi connectivity index (χ1n) is 5.13. The summed E-state index contributed by atoms with van der Waals surface area (Å²) >= 11 is 1.79. The normalized spacial score (nSPS) is 10.3. The fraction of sp³-hybridized carbons (Fsp3) is 0.154. The fourth-order valence-corrected chi connectivity index (χ4v) is 2.42. The van der Waals surface area contributed by atoms with Crippen LogP contribution in [0.4, 0.5) is 5.69 Å². The molecule has 82 valence electrons. The minimum Gasteiger partial charge on any atom is -0.399 e. The summed E-state index contributed by atoms with van der Waals surface area (Å²) in [6.07, 6.45) is 3.69. The van der Waals surface area contributed by atoms with E-state index in [1.807, 2.05) is 24.4 Å². The molecule has 0 aliphatic carbocycles. The van der Waals surface area contributed by atoms with E-state index in [9.17, 15) is 0 Å². The van der Waals surface area contributed by atoms with E-state index in [2.05, 4.69) is 24.0 Å². The molecule has 0 atom stereocenters. The number of rotatable bonds is 3. The number of aromatic nitrogens is 1. The Bertz CT molecular complexity index is 469. The lowest BCUT2D eigenvalue weighted by Gasteiger charge is -2.06. The molecule has 0 saturated carbocycles. The van der Waals surface area contributed by atoms with E-state index >= 15 is 0 Å². The largest absolute Gasteiger partial charge is 0.399 e. The molecule has 1 aromatic carbocycles. The second kappa shape index (κ2) is 5.03. The van der Waals surface area contributed by atoms with Crippen molar-refractivity contribution in [2.45, 2.75) is 17.6 Å². The second-order valence-corrected chi connectivity index (χ2v) is 4.69. The van der Waals surface area contributed by atoms with Crippen LogP contribution in [-0.4, -0.2) is 4.98 Å². The van der Waals surface area contributed by atoms with Gasteiger partial charge in [-0.15, -0.1) is 11.8 Å². The predicted octanol–water partition coefficient (Wildman–Crippen LogP) is 3.26. The zero-order valence-electron chi connectivity index (χ0n) is 9.18. The van der Waals surface area contributed by atoms with Crippen molar-refractivity contribution < 1.29 is 0 Å². The number of nitrogens with zero attached hydrogens (tertiary/aromatic N) is 1. The smallest absolute Gasteiger partial charge is 0.0325 e. The molecule has 1 aromatic heterocycles. The monoisotopic (exact) mass is 230 g/mol. The van der Waals surface area contributed by atoms with Crippen LogP contribution in [0.15, 0.2) is 47.6 Å². The summed E-state index contributed by atoms with van der Waals surface area (Å²) in [5, 5.41) is 0. The average molecular weight is 230 g/mol. The lowest BCUT2D eigenvalue weighted by atomic mass is 10.2. The highest BCUT2D eigenvalue weighted by atomic mass is 32.2. The number of hydrogen-bond acceptors (Lipinski definition) is 3. The molecule has 1 heterocycles. The SMILES string of the molecule is Cc1ccc(N)cc1SCc1cccnc1. The molecule has 0 radical (unpaired) electrons. The Morgan fingerprint density at radius 2 is 2.19 bits per heavy atom. The van der Waals surface area contributed by atoms with Crippen molar-refractivity contribution in [2.75, 3.05) is 5.73 Å². The van der Waals surface area contributed by atoms with Gasteiger partial charge in [0.1, 0.15) is 0 Å². The maximum atomic E-state index is 5.77. The summed E-state index contributed by atoms with van der Waals surface area (Å²) in [5.41, 5.74) is 9.09. The number of thioether (sulfide) groups is 1. The summed E-state index contributed by atoms with van der Waals surface area (Å²) in [7, 11) is 0. The lowest BCUT2D eigenvalue weighted by molar-refractivity contribution is 1.24. The van der Waals surface area contributed by atoms with Gasteiger partial charge < -0.3 is 5.73 Å². The molecule has 0 saturated heterocycles. The molecule has 0 unspecified atom stereocenters. The fourth-order valence-electron chi connectivity index (χ4n) is 1.42. The molecule has 0 aliphatic rings. The van der Waals surface area contributed by atoms with Crippen LogP contribution < -0.4 is 5.73 Å².